The lowest BCUT2D eigenvalue weighted by Crippen LogP contribution is -2.35. The van der Waals surface area contributed by atoms with E-state index in [4.69, 9.17) is 14.2 Å². The molecule has 0 aliphatic rings. The summed E-state index contributed by atoms with van der Waals surface area (Å²) in [5.41, 5.74) is 3.46. The fraction of sp³-hybridized carbons (Fsp3) is 0.286. The Labute approximate surface area is 189 Å². The Morgan fingerprint density at radius 1 is 1.13 bits per heavy atom. The predicted molar refractivity (Wildman–Crippen MR) is 123 cm³/mol. The number of methoxy groups -OCH3 is 2. The predicted octanol–water partition coefficient (Wildman–Crippen LogP) is 2.98. The third-order valence-corrected chi connectivity index (χ3v) is 4.57. The Morgan fingerprint density at radius 2 is 1.83 bits per heavy atom. The van der Waals surface area contributed by atoms with Gasteiger partial charge in [0, 0.05) is 0 Å². The third kappa shape index (κ3) is 6.61. The molecule has 0 heterocycles. The van der Waals surface area contributed by atoms with Crippen LogP contribution in [0.15, 0.2) is 41.5 Å². The quantitative estimate of drug-likeness (QED) is 0.298. The van der Waals surface area contributed by atoms with Crippen LogP contribution in [0.5, 0.6) is 17.2 Å². The van der Waals surface area contributed by atoms with Gasteiger partial charge in [0.25, 0.3) is 11.8 Å². The maximum atomic E-state index is 12.2. The lowest BCUT2D eigenvalue weighted by Gasteiger charge is -2.15. The van der Waals surface area contributed by atoms with Crippen molar-refractivity contribution in [1.29, 1.82) is 0 Å². The maximum absolute atomic E-state index is 12.2. The summed E-state index contributed by atoms with van der Waals surface area (Å²) >= 11 is 2.15. The summed E-state index contributed by atoms with van der Waals surface area (Å²) in [6.07, 6.45) is 1.50. The summed E-state index contributed by atoms with van der Waals surface area (Å²) < 4.78 is 17.2. The summed E-state index contributed by atoms with van der Waals surface area (Å²) in [5, 5.41) is 6.47. The summed E-state index contributed by atoms with van der Waals surface area (Å²) in [5.74, 6) is 0.796. The lowest BCUT2D eigenvalue weighted by molar-refractivity contribution is -0.120. The molecule has 9 heteroatoms. The molecule has 8 nitrogen and oxygen atoms in total. The number of benzene rings is 2. The van der Waals surface area contributed by atoms with Crippen LogP contribution in [0.1, 0.15) is 29.8 Å². The number of amides is 2. The smallest absolute Gasteiger partial charge is 0.259 e. The highest BCUT2D eigenvalue weighted by Gasteiger charge is 2.13. The van der Waals surface area contributed by atoms with E-state index in [1.807, 2.05) is 19.9 Å². The van der Waals surface area contributed by atoms with Crippen LogP contribution in [-0.4, -0.2) is 44.9 Å². The highest BCUT2D eigenvalue weighted by atomic mass is 127. The van der Waals surface area contributed by atoms with E-state index in [1.54, 1.807) is 37.4 Å². The summed E-state index contributed by atoms with van der Waals surface area (Å²) in [7, 11) is 3.04. The fourth-order valence-electron chi connectivity index (χ4n) is 2.47. The zero-order chi connectivity index (χ0) is 22.1. The van der Waals surface area contributed by atoms with Crippen LogP contribution in [0, 0.1) is 3.57 Å². The highest BCUT2D eigenvalue weighted by Crippen LogP contribution is 2.34. The van der Waals surface area contributed by atoms with Crippen molar-refractivity contribution < 1.29 is 23.8 Å². The van der Waals surface area contributed by atoms with Crippen LogP contribution in [0.4, 0.5) is 0 Å². The number of rotatable bonds is 9. The van der Waals surface area contributed by atoms with Gasteiger partial charge in [0.05, 0.1) is 42.2 Å². The van der Waals surface area contributed by atoms with Gasteiger partial charge in [-0.25, -0.2) is 5.43 Å². The SMILES string of the molecule is COc1ccccc1C(=O)NCC(=O)NN=Cc1cc(I)c(OC(C)C)c(OC)c1. The number of halogens is 1. The Bertz CT molecular complexity index is 931. The van der Waals surface area contributed by atoms with Gasteiger partial charge >= 0.3 is 0 Å². The highest BCUT2D eigenvalue weighted by molar-refractivity contribution is 14.1. The molecule has 0 aliphatic carbocycles. The van der Waals surface area contributed by atoms with Gasteiger partial charge in [-0.05, 0) is 66.3 Å². The van der Waals surface area contributed by atoms with Crippen LogP contribution < -0.4 is 25.0 Å². The van der Waals surface area contributed by atoms with Crippen molar-refractivity contribution in [2.75, 3.05) is 20.8 Å². The van der Waals surface area contributed by atoms with Crippen molar-refractivity contribution in [2.24, 2.45) is 5.10 Å². The first-order chi connectivity index (χ1) is 14.3. The van der Waals surface area contributed by atoms with Gasteiger partial charge in [-0.2, -0.15) is 5.10 Å². The van der Waals surface area contributed by atoms with E-state index in [0.29, 0.717) is 22.8 Å². The number of carbonyl (C=O) groups excluding carboxylic acids is 2. The molecule has 0 aromatic heterocycles. The van der Waals surface area contributed by atoms with Crippen LogP contribution in [-0.2, 0) is 4.79 Å². The number of ether oxygens (including phenoxy) is 3. The standard InChI is InChI=1S/C21H24IN3O5/c1-13(2)30-20-16(22)9-14(10-18(20)29-4)11-24-25-19(26)12-23-21(27)15-7-5-6-8-17(15)28-3/h5-11,13H,12H2,1-4H3,(H,23,27)(H,25,26). The van der Waals surface area contributed by atoms with E-state index >= 15 is 0 Å². The molecular formula is C21H24IN3O5. The van der Waals surface area contributed by atoms with Gasteiger partial charge < -0.3 is 19.5 Å². The molecule has 0 fully saturated rings. The number of nitrogens with zero attached hydrogens (tertiary/aromatic N) is 1. The molecule has 0 aliphatic heterocycles. The molecule has 30 heavy (non-hydrogen) atoms. The second-order valence-electron chi connectivity index (χ2n) is 6.38. The number of hydrogen-bond donors (Lipinski definition) is 2. The van der Waals surface area contributed by atoms with Gasteiger partial charge in [-0.1, -0.05) is 12.1 Å². The lowest BCUT2D eigenvalue weighted by atomic mass is 10.2. The molecule has 2 aromatic carbocycles. The second-order valence-corrected chi connectivity index (χ2v) is 7.54. The van der Waals surface area contributed by atoms with Gasteiger partial charge in [0.1, 0.15) is 5.75 Å². The van der Waals surface area contributed by atoms with E-state index in [1.165, 1.54) is 13.3 Å². The molecule has 2 amide bonds. The van der Waals surface area contributed by atoms with Crippen molar-refractivity contribution in [2.45, 2.75) is 20.0 Å². The molecule has 0 radical (unpaired) electrons. The molecular weight excluding hydrogens is 501 g/mol. The van der Waals surface area contributed by atoms with E-state index in [9.17, 15) is 9.59 Å². The molecule has 0 bridgehead atoms. The molecule has 160 valence electrons. The van der Waals surface area contributed by atoms with Crippen LogP contribution in [0.25, 0.3) is 0 Å². The van der Waals surface area contributed by atoms with Crippen molar-refractivity contribution in [3.8, 4) is 17.2 Å². The summed E-state index contributed by atoms with van der Waals surface area (Å²) in [6, 6.07) is 10.4. The monoisotopic (exact) mass is 525 g/mol. The fourth-order valence-corrected chi connectivity index (χ4v) is 3.22. The van der Waals surface area contributed by atoms with Gasteiger partial charge in [0.2, 0.25) is 0 Å². The number of hydrazone groups is 1. The minimum Gasteiger partial charge on any atom is -0.496 e. The van der Waals surface area contributed by atoms with Crippen molar-refractivity contribution in [1.82, 2.24) is 10.7 Å². The number of carbonyl (C=O) groups is 2. The Kier molecular flexibility index (Phi) is 8.90. The van der Waals surface area contributed by atoms with Gasteiger partial charge in [-0.3, -0.25) is 9.59 Å². The first kappa shape index (κ1) is 23.5. The first-order valence-corrected chi connectivity index (χ1v) is 10.2. The van der Waals surface area contributed by atoms with Gasteiger partial charge in [0.15, 0.2) is 11.5 Å². The van der Waals surface area contributed by atoms with Crippen molar-refractivity contribution >= 4 is 40.6 Å². The topological polar surface area (TPSA) is 98.2 Å². The molecule has 2 aromatic rings. The average Bonchev–Trinajstić information content (AvgIpc) is 2.73. The van der Waals surface area contributed by atoms with Crippen molar-refractivity contribution in [3.63, 3.8) is 0 Å². The molecule has 0 atom stereocenters. The zero-order valence-corrected chi connectivity index (χ0v) is 19.3. The van der Waals surface area contributed by atoms with E-state index in [0.717, 1.165) is 9.13 Å². The Balaban J connectivity index is 1.94. The minimum atomic E-state index is -0.462. The molecule has 2 N–H and O–H groups in total. The zero-order valence-electron chi connectivity index (χ0n) is 17.2. The maximum Gasteiger partial charge on any atom is 0.259 e. The van der Waals surface area contributed by atoms with Gasteiger partial charge in [-0.15, -0.1) is 0 Å². The van der Waals surface area contributed by atoms with Crippen molar-refractivity contribution in [3.05, 3.63) is 51.1 Å². The molecule has 0 spiro atoms. The Hall–Kier alpha value is -2.82. The Morgan fingerprint density at radius 3 is 2.50 bits per heavy atom. The number of hydrogen-bond acceptors (Lipinski definition) is 6. The number of para-hydroxylation sites is 1. The first-order valence-electron chi connectivity index (χ1n) is 9.13. The molecule has 0 saturated heterocycles. The molecule has 2 rings (SSSR count). The van der Waals surface area contributed by atoms with E-state index in [2.05, 4.69) is 38.4 Å². The average molecular weight is 525 g/mol. The number of nitrogens with one attached hydrogen (secondary N) is 2. The molecule has 0 saturated carbocycles. The van der Waals surface area contributed by atoms with E-state index in [-0.39, 0.29) is 12.6 Å². The summed E-state index contributed by atoms with van der Waals surface area (Å²) in [6.45, 7) is 3.65. The van der Waals surface area contributed by atoms with Crippen LogP contribution in [0.2, 0.25) is 0 Å². The largest absolute Gasteiger partial charge is 0.496 e. The van der Waals surface area contributed by atoms with Crippen LogP contribution in [0.3, 0.4) is 0 Å². The molecule has 0 unspecified atom stereocenters. The summed E-state index contributed by atoms with van der Waals surface area (Å²) in [4.78, 5) is 24.2. The second kappa shape index (κ2) is 11.4. The third-order valence-electron chi connectivity index (χ3n) is 3.77. The van der Waals surface area contributed by atoms with E-state index < -0.39 is 11.8 Å². The minimum absolute atomic E-state index is 0.0114. The van der Waals surface area contributed by atoms with Crippen LogP contribution >= 0.6 is 22.6 Å². The normalized spacial score (nSPS) is 10.7.